The Kier molecular flexibility index (Phi) is 4.93. The molecule has 27 heavy (non-hydrogen) atoms. The number of methoxy groups -OCH3 is 1. The highest BCUT2D eigenvalue weighted by Gasteiger charge is 2.41. The van der Waals surface area contributed by atoms with Gasteiger partial charge >= 0.3 is 5.97 Å². The minimum absolute atomic E-state index is 0.110. The fraction of sp³-hybridized carbons (Fsp3) is 0.455. The lowest BCUT2D eigenvalue weighted by Gasteiger charge is -2.39. The van der Waals surface area contributed by atoms with Crippen LogP contribution in [-0.2, 0) is 15.6 Å². The highest BCUT2D eigenvalue weighted by Crippen LogP contribution is 2.51. The SMILES string of the molecule is COC(=O)c1ccc(C(=NO)c2sc3c(c2C)C(C)(C)CCC3(C)C)cc1. The fourth-order valence-electron chi connectivity index (χ4n) is 4.01. The molecule has 144 valence electrons. The Balaban J connectivity index is 2.10. The first-order chi connectivity index (χ1) is 12.6. The van der Waals surface area contributed by atoms with Gasteiger partial charge in [0.05, 0.1) is 17.6 Å². The lowest BCUT2D eigenvalue weighted by atomic mass is 9.66. The smallest absolute Gasteiger partial charge is 0.337 e. The molecule has 4 nitrogen and oxygen atoms in total. The molecule has 1 aliphatic rings. The Labute approximate surface area is 164 Å². The Morgan fingerprint density at radius 2 is 1.63 bits per heavy atom. The summed E-state index contributed by atoms with van der Waals surface area (Å²) < 4.78 is 4.75. The number of fused-ring (bicyclic) bond motifs is 1. The Morgan fingerprint density at radius 1 is 1.07 bits per heavy atom. The van der Waals surface area contributed by atoms with Gasteiger partial charge in [0.2, 0.25) is 0 Å². The third kappa shape index (κ3) is 3.29. The second-order valence-electron chi connectivity index (χ2n) is 8.55. The number of ether oxygens (including phenoxy) is 1. The molecule has 1 aromatic carbocycles. The summed E-state index contributed by atoms with van der Waals surface area (Å²) in [7, 11) is 1.36. The van der Waals surface area contributed by atoms with Crippen molar-refractivity contribution in [2.24, 2.45) is 5.16 Å². The molecule has 0 aliphatic heterocycles. The van der Waals surface area contributed by atoms with Gasteiger partial charge in [0.1, 0.15) is 5.71 Å². The van der Waals surface area contributed by atoms with Crippen LogP contribution in [0.2, 0.25) is 0 Å². The van der Waals surface area contributed by atoms with Gasteiger partial charge in [-0.3, -0.25) is 0 Å². The van der Waals surface area contributed by atoms with E-state index in [0.717, 1.165) is 23.3 Å². The topological polar surface area (TPSA) is 58.9 Å². The van der Waals surface area contributed by atoms with E-state index >= 15 is 0 Å². The van der Waals surface area contributed by atoms with Crippen molar-refractivity contribution >= 4 is 23.0 Å². The molecule has 0 spiro atoms. The van der Waals surface area contributed by atoms with E-state index in [9.17, 15) is 10.0 Å². The number of esters is 1. The quantitative estimate of drug-likeness (QED) is 0.332. The first-order valence-electron chi connectivity index (χ1n) is 9.18. The molecule has 0 amide bonds. The molecule has 0 saturated carbocycles. The summed E-state index contributed by atoms with van der Waals surface area (Å²) in [4.78, 5) is 14.0. The molecule has 0 radical (unpaired) electrons. The average molecular weight is 386 g/mol. The number of rotatable bonds is 3. The van der Waals surface area contributed by atoms with E-state index in [0.29, 0.717) is 11.3 Å². The number of hydrogen-bond acceptors (Lipinski definition) is 5. The Morgan fingerprint density at radius 3 is 2.15 bits per heavy atom. The predicted octanol–water partition coefficient (Wildman–Crippen LogP) is 5.42. The van der Waals surface area contributed by atoms with E-state index in [1.54, 1.807) is 35.6 Å². The van der Waals surface area contributed by atoms with Crippen LogP contribution >= 0.6 is 11.3 Å². The molecule has 1 heterocycles. The van der Waals surface area contributed by atoms with E-state index in [1.165, 1.54) is 23.1 Å². The standard InChI is InChI=1S/C22H27NO3S/c1-13-16-19(22(4,5)12-11-21(16,2)3)27-18(13)17(23-25)14-7-9-15(10-8-14)20(24)26-6/h7-10,25H,11-12H2,1-6H3. The zero-order valence-electron chi connectivity index (χ0n) is 16.8. The van der Waals surface area contributed by atoms with Crippen LogP contribution in [0, 0.1) is 6.92 Å². The van der Waals surface area contributed by atoms with Gasteiger partial charge in [-0.05, 0) is 53.9 Å². The molecule has 1 aliphatic carbocycles. The maximum Gasteiger partial charge on any atom is 0.337 e. The summed E-state index contributed by atoms with van der Waals surface area (Å²) in [5.41, 5.74) is 4.62. The monoisotopic (exact) mass is 385 g/mol. The summed E-state index contributed by atoms with van der Waals surface area (Å²) in [5.74, 6) is -0.379. The van der Waals surface area contributed by atoms with Crippen LogP contribution < -0.4 is 0 Å². The number of hydrogen-bond donors (Lipinski definition) is 1. The second kappa shape index (κ2) is 6.79. The van der Waals surface area contributed by atoms with Crippen molar-refractivity contribution in [2.45, 2.75) is 58.3 Å². The molecule has 0 unspecified atom stereocenters. The minimum atomic E-state index is -0.379. The van der Waals surface area contributed by atoms with Gasteiger partial charge in [-0.25, -0.2) is 4.79 Å². The van der Waals surface area contributed by atoms with Crippen molar-refractivity contribution in [2.75, 3.05) is 7.11 Å². The highest BCUT2D eigenvalue weighted by atomic mass is 32.1. The number of benzene rings is 1. The number of nitrogens with zero attached hydrogens (tertiary/aromatic N) is 1. The number of carbonyl (C=O) groups is 1. The molecule has 3 rings (SSSR count). The van der Waals surface area contributed by atoms with Crippen molar-refractivity contribution in [3.8, 4) is 0 Å². The Bertz CT molecular complexity index is 904. The van der Waals surface area contributed by atoms with Crippen molar-refractivity contribution in [3.63, 3.8) is 0 Å². The maximum atomic E-state index is 11.7. The third-order valence-electron chi connectivity index (χ3n) is 5.71. The average Bonchev–Trinajstić information content (AvgIpc) is 2.99. The number of carbonyl (C=O) groups excluding carboxylic acids is 1. The highest BCUT2D eigenvalue weighted by molar-refractivity contribution is 7.15. The second-order valence-corrected chi connectivity index (χ2v) is 9.57. The van der Waals surface area contributed by atoms with Crippen molar-refractivity contribution in [1.29, 1.82) is 0 Å². The molecular weight excluding hydrogens is 358 g/mol. The van der Waals surface area contributed by atoms with Crippen LogP contribution in [0.3, 0.4) is 0 Å². The van der Waals surface area contributed by atoms with Gasteiger partial charge in [-0.2, -0.15) is 0 Å². The molecule has 1 aromatic heterocycles. The van der Waals surface area contributed by atoms with Crippen molar-refractivity contribution in [1.82, 2.24) is 0 Å². The summed E-state index contributed by atoms with van der Waals surface area (Å²) in [5, 5.41) is 13.4. The molecule has 5 heteroatoms. The van der Waals surface area contributed by atoms with Gasteiger partial charge in [0.25, 0.3) is 0 Å². The van der Waals surface area contributed by atoms with E-state index in [1.807, 2.05) is 0 Å². The fourth-order valence-corrected chi connectivity index (χ4v) is 5.64. The van der Waals surface area contributed by atoms with Gasteiger partial charge in [-0.15, -0.1) is 11.3 Å². The molecular formula is C22H27NO3S. The zero-order chi connectivity index (χ0) is 20.0. The third-order valence-corrected chi connectivity index (χ3v) is 7.37. The number of thiophene rings is 1. The lowest BCUT2D eigenvalue weighted by Crippen LogP contribution is -2.32. The van der Waals surface area contributed by atoms with Crippen molar-refractivity contribution in [3.05, 3.63) is 56.3 Å². The van der Waals surface area contributed by atoms with E-state index in [4.69, 9.17) is 4.74 Å². The molecule has 0 bridgehead atoms. The van der Waals surface area contributed by atoms with Crippen LogP contribution in [0.15, 0.2) is 29.4 Å². The molecule has 0 saturated heterocycles. The minimum Gasteiger partial charge on any atom is -0.465 e. The Hall–Kier alpha value is -2.14. The first-order valence-corrected chi connectivity index (χ1v) is 9.99. The van der Waals surface area contributed by atoms with Crippen LogP contribution in [-0.4, -0.2) is 24.0 Å². The molecule has 2 aromatic rings. The largest absolute Gasteiger partial charge is 0.465 e. The number of oxime groups is 1. The molecule has 0 fully saturated rings. The normalized spacial score (nSPS) is 18.1. The summed E-state index contributed by atoms with van der Waals surface area (Å²) >= 11 is 1.73. The van der Waals surface area contributed by atoms with Crippen molar-refractivity contribution < 1.29 is 14.7 Å². The maximum absolute atomic E-state index is 11.7. The summed E-state index contributed by atoms with van der Waals surface area (Å²) in [6.07, 6.45) is 2.29. The summed E-state index contributed by atoms with van der Waals surface area (Å²) in [6.45, 7) is 11.3. The summed E-state index contributed by atoms with van der Waals surface area (Å²) in [6, 6.07) is 7.00. The van der Waals surface area contributed by atoms with Gasteiger partial charge in [-0.1, -0.05) is 45.0 Å². The zero-order valence-corrected chi connectivity index (χ0v) is 17.7. The molecule has 0 atom stereocenters. The van der Waals surface area contributed by atoms with Crippen LogP contribution in [0.1, 0.15) is 77.3 Å². The first kappa shape index (κ1) is 19.6. The predicted molar refractivity (Wildman–Crippen MR) is 110 cm³/mol. The van der Waals surface area contributed by atoms with Crippen LogP contribution in [0.5, 0.6) is 0 Å². The van der Waals surface area contributed by atoms with Crippen LogP contribution in [0.25, 0.3) is 0 Å². The molecule has 1 N–H and O–H groups in total. The van der Waals surface area contributed by atoms with Gasteiger partial charge in [0, 0.05) is 10.4 Å². The van der Waals surface area contributed by atoms with Gasteiger partial charge < -0.3 is 9.94 Å². The lowest BCUT2D eigenvalue weighted by molar-refractivity contribution is 0.0600. The van der Waals surface area contributed by atoms with E-state index < -0.39 is 0 Å². The van der Waals surface area contributed by atoms with E-state index in [-0.39, 0.29) is 16.8 Å². The van der Waals surface area contributed by atoms with Crippen LogP contribution in [0.4, 0.5) is 0 Å². The van der Waals surface area contributed by atoms with Gasteiger partial charge in [0.15, 0.2) is 0 Å². The van der Waals surface area contributed by atoms with E-state index in [2.05, 4.69) is 39.8 Å².